The molecule has 1 atom stereocenters. The van der Waals surface area contributed by atoms with E-state index in [0.29, 0.717) is 18.8 Å². The van der Waals surface area contributed by atoms with Gasteiger partial charge in [-0.2, -0.15) is 17.4 Å². The predicted octanol–water partition coefficient (Wildman–Crippen LogP) is 3.16. The van der Waals surface area contributed by atoms with E-state index >= 15 is 0 Å². The molecule has 3 rings (SSSR count). The molecule has 1 aliphatic rings. The summed E-state index contributed by atoms with van der Waals surface area (Å²) < 4.78 is 42.5. The number of nitrogens with one attached hydrogen (secondary N) is 1. The summed E-state index contributed by atoms with van der Waals surface area (Å²) in [4.78, 5) is 13.4. The van der Waals surface area contributed by atoms with Crippen LogP contribution in [0, 0.1) is 5.82 Å². The number of rotatable bonds is 7. The van der Waals surface area contributed by atoms with Crippen molar-refractivity contribution in [2.24, 2.45) is 0 Å². The number of benzene rings is 2. The van der Waals surface area contributed by atoms with Gasteiger partial charge in [-0.25, -0.2) is 4.39 Å². The Hall–Kier alpha value is -2.20. The average molecular weight is 472 g/mol. The molecule has 1 heterocycles. The highest BCUT2D eigenvalue weighted by Gasteiger charge is 2.31. The van der Waals surface area contributed by atoms with Crippen molar-refractivity contribution in [3.05, 3.63) is 64.9 Å². The first kappa shape index (κ1) is 25.1. The number of carboxylic acids is 1. The minimum Gasteiger partial charge on any atom is -0.480 e. The zero-order valence-electron chi connectivity index (χ0n) is 17.5. The first-order chi connectivity index (χ1) is 14.8. The van der Waals surface area contributed by atoms with Gasteiger partial charge in [0.15, 0.2) is 0 Å². The third-order valence-electron chi connectivity index (χ3n) is 4.72. The highest BCUT2D eigenvalue weighted by atomic mass is 35.5. The number of halogens is 2. The maximum atomic E-state index is 13.7. The van der Waals surface area contributed by atoms with E-state index in [-0.39, 0.29) is 24.5 Å². The van der Waals surface area contributed by atoms with Crippen molar-refractivity contribution in [3.8, 4) is 0 Å². The monoisotopic (exact) mass is 471 g/mol. The van der Waals surface area contributed by atoms with Crippen molar-refractivity contribution in [1.29, 1.82) is 0 Å². The highest BCUT2D eigenvalue weighted by Crippen LogP contribution is 2.23. The summed E-state index contributed by atoms with van der Waals surface area (Å²) in [6.07, 6.45) is 0.0411. The van der Waals surface area contributed by atoms with Crippen LogP contribution in [0.25, 0.3) is 0 Å². The molecule has 2 aromatic carbocycles. The Kier molecular flexibility index (Phi) is 9.24. The van der Waals surface area contributed by atoms with Crippen molar-refractivity contribution in [3.63, 3.8) is 0 Å². The second-order valence-electron chi connectivity index (χ2n) is 6.69. The van der Waals surface area contributed by atoms with E-state index in [9.17, 15) is 22.7 Å². The van der Waals surface area contributed by atoms with Crippen LogP contribution in [0.3, 0.4) is 0 Å². The van der Waals surface area contributed by atoms with Crippen LogP contribution in [0.1, 0.15) is 19.4 Å². The Morgan fingerprint density at radius 3 is 2.29 bits per heavy atom. The molecule has 0 radical (unpaired) electrons. The average Bonchev–Trinajstić information content (AvgIpc) is 2.77. The summed E-state index contributed by atoms with van der Waals surface area (Å²) in [5.41, 5.74) is 1.33. The third kappa shape index (κ3) is 6.90. The molecule has 2 aromatic rings. The van der Waals surface area contributed by atoms with Crippen LogP contribution in [-0.4, -0.2) is 56.0 Å². The van der Waals surface area contributed by atoms with E-state index in [1.807, 2.05) is 18.7 Å². The van der Waals surface area contributed by atoms with Gasteiger partial charge in [-0.15, -0.1) is 0 Å². The summed E-state index contributed by atoms with van der Waals surface area (Å²) in [6.45, 7) is 4.99. The molecule has 7 nitrogen and oxygen atoms in total. The van der Waals surface area contributed by atoms with Gasteiger partial charge in [-0.05, 0) is 30.2 Å². The summed E-state index contributed by atoms with van der Waals surface area (Å²) in [7, 11) is -3.99. The van der Waals surface area contributed by atoms with Crippen LogP contribution in [0.5, 0.6) is 0 Å². The topological polar surface area (TPSA) is 89.9 Å². The second-order valence-corrected chi connectivity index (χ2v) is 8.80. The van der Waals surface area contributed by atoms with Crippen molar-refractivity contribution in [2.45, 2.75) is 26.3 Å². The van der Waals surface area contributed by atoms with E-state index < -0.39 is 28.0 Å². The third-order valence-corrected chi connectivity index (χ3v) is 6.65. The molecule has 0 amide bonds. The first-order valence-corrected chi connectivity index (χ1v) is 11.8. The summed E-state index contributed by atoms with van der Waals surface area (Å²) in [5.74, 6) is -1.78. The van der Waals surface area contributed by atoms with Gasteiger partial charge in [0, 0.05) is 31.9 Å². The lowest BCUT2D eigenvalue weighted by molar-refractivity contribution is -0.138. The number of carboxylic acid groups (broad SMARTS) is 1. The van der Waals surface area contributed by atoms with E-state index in [4.69, 9.17) is 11.6 Å². The molecule has 1 saturated heterocycles. The Bertz CT molecular complexity index is 968. The normalized spacial score (nSPS) is 15.7. The lowest BCUT2D eigenvalue weighted by atomic mass is 10.1. The largest absolute Gasteiger partial charge is 0.480 e. The van der Waals surface area contributed by atoms with Crippen molar-refractivity contribution < 1.29 is 22.7 Å². The molecular formula is C21H27ClFN3O4S. The Balaban J connectivity index is 0.00000166. The molecule has 0 spiro atoms. The van der Waals surface area contributed by atoms with Crippen LogP contribution in [-0.2, 0) is 21.4 Å². The molecule has 2 N–H and O–H groups in total. The molecule has 1 unspecified atom stereocenters. The quantitative estimate of drug-likeness (QED) is 0.647. The molecule has 0 aliphatic carbocycles. The van der Waals surface area contributed by atoms with Crippen LogP contribution in [0.15, 0.2) is 48.5 Å². The summed E-state index contributed by atoms with van der Waals surface area (Å²) in [6, 6.07) is 12.0. The fourth-order valence-corrected chi connectivity index (χ4v) is 4.61. The standard InChI is InChI=1S/C19H21ClFN3O4S.C2H6/c20-16-7-6-15(13-17(16)21)23-8-10-24(11-9-23)29(27,28)22-18(19(25)26)12-14-4-2-1-3-5-14;1-2/h1-7,13,18,22H,8-12H2,(H,25,26);1-2H3. The molecular weight excluding hydrogens is 445 g/mol. The zero-order chi connectivity index (χ0) is 23.0. The van der Waals surface area contributed by atoms with E-state index in [1.165, 1.54) is 16.4 Å². The first-order valence-electron chi connectivity index (χ1n) is 10.0. The van der Waals surface area contributed by atoms with Gasteiger partial charge in [-0.3, -0.25) is 4.79 Å². The maximum Gasteiger partial charge on any atom is 0.322 e. The highest BCUT2D eigenvalue weighted by molar-refractivity contribution is 7.87. The molecule has 1 aliphatic heterocycles. The van der Waals surface area contributed by atoms with Gasteiger partial charge in [0.05, 0.1) is 5.02 Å². The van der Waals surface area contributed by atoms with Gasteiger partial charge in [0.2, 0.25) is 0 Å². The molecule has 170 valence electrons. The minimum absolute atomic E-state index is 0.0253. The fourth-order valence-electron chi connectivity index (χ4n) is 3.15. The molecule has 0 bridgehead atoms. The number of aliphatic carboxylic acids is 1. The Morgan fingerprint density at radius 2 is 1.74 bits per heavy atom. The fraction of sp³-hybridized carbons (Fsp3) is 0.381. The van der Waals surface area contributed by atoms with Gasteiger partial charge in [0.25, 0.3) is 10.2 Å². The molecule has 0 saturated carbocycles. The van der Waals surface area contributed by atoms with Gasteiger partial charge >= 0.3 is 5.97 Å². The number of carbonyl (C=O) groups is 1. The summed E-state index contributed by atoms with van der Waals surface area (Å²) in [5, 5.41) is 9.46. The van der Waals surface area contributed by atoms with Crippen molar-refractivity contribution in [2.75, 3.05) is 31.1 Å². The van der Waals surface area contributed by atoms with E-state index in [0.717, 1.165) is 5.56 Å². The van der Waals surface area contributed by atoms with Crippen molar-refractivity contribution >= 4 is 33.5 Å². The minimum atomic E-state index is -3.99. The second kappa shape index (κ2) is 11.4. The predicted molar refractivity (Wildman–Crippen MR) is 120 cm³/mol. The van der Waals surface area contributed by atoms with Crippen molar-refractivity contribution in [1.82, 2.24) is 9.03 Å². The summed E-state index contributed by atoms with van der Waals surface area (Å²) >= 11 is 5.70. The number of hydrogen-bond donors (Lipinski definition) is 2. The van der Waals surface area contributed by atoms with Crippen LogP contribution >= 0.6 is 11.6 Å². The van der Waals surface area contributed by atoms with E-state index in [1.54, 1.807) is 36.4 Å². The maximum absolute atomic E-state index is 13.7. The number of anilines is 1. The number of piperazine rings is 1. The lowest BCUT2D eigenvalue weighted by Gasteiger charge is -2.35. The SMILES string of the molecule is CC.O=C(O)C(Cc1ccccc1)NS(=O)(=O)N1CCN(c2ccc(Cl)c(F)c2)CC1. The van der Waals surface area contributed by atoms with Crippen LogP contribution in [0.4, 0.5) is 10.1 Å². The van der Waals surface area contributed by atoms with E-state index in [2.05, 4.69) is 4.72 Å². The molecule has 0 aromatic heterocycles. The molecule has 31 heavy (non-hydrogen) atoms. The number of nitrogens with zero attached hydrogens (tertiary/aromatic N) is 2. The van der Waals surface area contributed by atoms with Gasteiger partial charge < -0.3 is 10.0 Å². The van der Waals surface area contributed by atoms with Gasteiger partial charge in [0.1, 0.15) is 11.9 Å². The van der Waals surface area contributed by atoms with Gasteiger partial charge in [-0.1, -0.05) is 55.8 Å². The molecule has 1 fully saturated rings. The zero-order valence-corrected chi connectivity index (χ0v) is 19.0. The Labute approximate surface area is 187 Å². The smallest absolute Gasteiger partial charge is 0.322 e. The number of hydrogen-bond acceptors (Lipinski definition) is 4. The van der Waals surface area contributed by atoms with Crippen LogP contribution < -0.4 is 9.62 Å². The lowest BCUT2D eigenvalue weighted by Crippen LogP contribution is -2.55. The molecule has 10 heteroatoms. The van der Waals surface area contributed by atoms with Crippen LogP contribution in [0.2, 0.25) is 5.02 Å². The Morgan fingerprint density at radius 1 is 1.13 bits per heavy atom.